The number of Topliss-reactive ketones (excluding diaryl/α,β-unsaturated/α-hetero) is 1. The Labute approximate surface area is 122 Å². The van der Waals surface area contributed by atoms with Crippen LogP contribution in [0.4, 0.5) is 0 Å². The van der Waals surface area contributed by atoms with Crippen molar-refractivity contribution in [3.63, 3.8) is 0 Å². The van der Waals surface area contributed by atoms with Crippen LogP contribution < -0.4 is 0 Å². The Morgan fingerprint density at radius 2 is 1.71 bits per heavy atom. The Morgan fingerprint density at radius 3 is 2.18 bits per heavy atom. The van der Waals surface area contributed by atoms with E-state index in [2.05, 4.69) is 9.78 Å². The quantitative estimate of drug-likeness (QED) is 0.283. The van der Waals surface area contributed by atoms with Gasteiger partial charge in [-0.1, -0.05) is 27.2 Å². The van der Waals surface area contributed by atoms with Crippen LogP contribution in [-0.2, 0) is 45.6 Å². The molecule has 0 saturated heterocycles. The molecule has 0 heterocycles. The smallest absolute Gasteiger partial charge is 0.299 e. The number of unbranched alkanes of at least 4 members (excludes halogenated alkanes) is 1. The monoisotopic (exact) mass is 320 g/mol. The molecule has 5 heteroatoms. The van der Waals surface area contributed by atoms with Crippen LogP contribution in [0.3, 0.4) is 0 Å². The molecule has 0 saturated carbocycles. The Balaban J connectivity index is 0. The van der Waals surface area contributed by atoms with E-state index in [9.17, 15) is 9.59 Å². The summed E-state index contributed by atoms with van der Waals surface area (Å²) < 4.78 is 0. The molecular weight excluding hydrogens is 299 g/mol. The predicted molar refractivity (Wildman–Crippen MR) is 60.6 cm³/mol. The van der Waals surface area contributed by atoms with E-state index in [1.807, 2.05) is 20.8 Å². The Kier molecular flexibility index (Phi) is 14.1. The second-order valence-corrected chi connectivity index (χ2v) is 3.79. The number of hydrogen-bond acceptors (Lipinski definition) is 4. The molecule has 4 nitrogen and oxygen atoms in total. The summed E-state index contributed by atoms with van der Waals surface area (Å²) in [5.74, 6) is -0.690. The van der Waals surface area contributed by atoms with Crippen LogP contribution in [0.1, 0.15) is 52.9 Å². The van der Waals surface area contributed by atoms with Crippen molar-refractivity contribution in [2.45, 2.75) is 52.9 Å². The normalized spacial score (nSPS) is 9.88. The van der Waals surface area contributed by atoms with E-state index in [1.165, 1.54) is 0 Å². The molecule has 0 aromatic rings. The van der Waals surface area contributed by atoms with Gasteiger partial charge < -0.3 is 0 Å². The van der Waals surface area contributed by atoms with Gasteiger partial charge in [0.2, 0.25) is 0 Å². The Morgan fingerprint density at radius 1 is 1.12 bits per heavy atom. The number of carbonyl (C=O) groups excluding carboxylic acids is 2. The van der Waals surface area contributed by atoms with Gasteiger partial charge in [-0.25, -0.2) is 4.79 Å². The van der Waals surface area contributed by atoms with Crippen LogP contribution >= 0.6 is 0 Å². The van der Waals surface area contributed by atoms with Crippen molar-refractivity contribution in [3.05, 3.63) is 0 Å². The van der Waals surface area contributed by atoms with E-state index >= 15 is 0 Å². The van der Waals surface area contributed by atoms with Gasteiger partial charge in [-0.2, -0.15) is 4.89 Å². The third kappa shape index (κ3) is 9.66. The van der Waals surface area contributed by atoms with E-state index in [1.54, 1.807) is 0 Å². The third-order valence-corrected chi connectivity index (χ3v) is 2.49. The van der Waals surface area contributed by atoms with Gasteiger partial charge in [0.15, 0.2) is 0 Å². The summed E-state index contributed by atoms with van der Waals surface area (Å²) in [6, 6.07) is 0. The van der Waals surface area contributed by atoms with Gasteiger partial charge >= 0.3 is 5.97 Å². The molecule has 0 aromatic carbocycles. The zero-order chi connectivity index (χ0) is 12.4. The summed E-state index contributed by atoms with van der Waals surface area (Å²) in [4.78, 5) is 31.9. The zero-order valence-electron chi connectivity index (χ0n) is 11.0. The molecule has 0 aliphatic heterocycles. The summed E-state index contributed by atoms with van der Waals surface area (Å²) in [7, 11) is 0. The van der Waals surface area contributed by atoms with Gasteiger partial charge in [-0.3, -0.25) is 9.68 Å². The number of rotatable bonds is 9. The van der Waals surface area contributed by atoms with E-state index in [0.29, 0.717) is 6.61 Å². The van der Waals surface area contributed by atoms with Gasteiger partial charge in [0, 0.05) is 32.1 Å². The molecule has 98 valence electrons. The third-order valence-electron chi connectivity index (χ3n) is 2.49. The van der Waals surface area contributed by atoms with E-state index < -0.39 is 5.97 Å². The molecule has 0 rings (SSSR count). The van der Waals surface area contributed by atoms with Crippen LogP contribution in [0.2, 0.25) is 0 Å². The molecule has 0 atom stereocenters. The number of hydrogen-bond donors (Lipinski definition) is 0. The molecule has 0 spiro atoms. The first-order valence-electron chi connectivity index (χ1n) is 6.00. The second-order valence-electron chi connectivity index (χ2n) is 3.79. The molecule has 0 amide bonds. The van der Waals surface area contributed by atoms with E-state index in [4.69, 9.17) is 0 Å². The van der Waals surface area contributed by atoms with Crippen molar-refractivity contribution in [2.24, 2.45) is 5.92 Å². The predicted octanol–water partition coefficient (Wildman–Crippen LogP) is 2.65. The number of ketones is 1. The van der Waals surface area contributed by atoms with E-state index in [-0.39, 0.29) is 44.3 Å². The fourth-order valence-electron chi connectivity index (χ4n) is 1.37. The molecular formula is C12H22O4Zr. The standard InChI is InChI=1S/C12H22O4.Zr/c1-4-7-8-15-16-12(14)9-11(13)10(5-2)6-3;/h10H,4-9H2,1-3H3;. The van der Waals surface area contributed by atoms with Crippen molar-refractivity contribution in [1.29, 1.82) is 0 Å². The first-order valence-corrected chi connectivity index (χ1v) is 6.00. The average Bonchev–Trinajstić information content (AvgIpc) is 2.26. The van der Waals surface area contributed by atoms with Gasteiger partial charge in [-0.15, -0.1) is 0 Å². The SMILES string of the molecule is CCCCOOC(=O)CC(=O)C(CC)CC.[Zr]. The molecule has 0 fully saturated rings. The summed E-state index contributed by atoms with van der Waals surface area (Å²) >= 11 is 0. The first-order chi connectivity index (χ1) is 7.65. The fourth-order valence-corrected chi connectivity index (χ4v) is 1.37. The zero-order valence-corrected chi connectivity index (χ0v) is 13.4. The topological polar surface area (TPSA) is 52.6 Å². The van der Waals surface area contributed by atoms with Crippen molar-refractivity contribution >= 4 is 11.8 Å². The minimum Gasteiger partial charge on any atom is -0.299 e. The first kappa shape index (κ1) is 19.3. The van der Waals surface area contributed by atoms with Crippen molar-refractivity contribution in [3.8, 4) is 0 Å². The van der Waals surface area contributed by atoms with Crippen molar-refractivity contribution in [1.82, 2.24) is 0 Å². The molecule has 0 unspecified atom stereocenters. The van der Waals surface area contributed by atoms with Gasteiger partial charge in [0.25, 0.3) is 0 Å². The van der Waals surface area contributed by atoms with E-state index in [0.717, 1.165) is 25.7 Å². The molecule has 0 aromatic heterocycles. The van der Waals surface area contributed by atoms with Crippen molar-refractivity contribution < 1.29 is 45.6 Å². The minimum absolute atomic E-state index is 0. The molecule has 0 N–H and O–H groups in total. The van der Waals surface area contributed by atoms with Crippen LogP contribution in [-0.4, -0.2) is 18.4 Å². The van der Waals surface area contributed by atoms with Crippen LogP contribution in [0.5, 0.6) is 0 Å². The summed E-state index contributed by atoms with van der Waals surface area (Å²) in [6.45, 7) is 6.29. The van der Waals surface area contributed by atoms with Crippen LogP contribution in [0, 0.1) is 5.92 Å². The summed E-state index contributed by atoms with van der Waals surface area (Å²) in [5.41, 5.74) is 0. The molecule has 0 radical (unpaired) electrons. The average molecular weight is 322 g/mol. The summed E-state index contributed by atoms with van der Waals surface area (Å²) in [6.07, 6.45) is 3.16. The Hall–Kier alpha value is -0.0169. The largest absolute Gasteiger partial charge is 0.349 e. The molecule has 0 bridgehead atoms. The fraction of sp³-hybridized carbons (Fsp3) is 0.833. The molecule has 17 heavy (non-hydrogen) atoms. The van der Waals surface area contributed by atoms with Crippen LogP contribution in [0.15, 0.2) is 0 Å². The van der Waals surface area contributed by atoms with Gasteiger partial charge in [0.1, 0.15) is 12.2 Å². The molecule has 0 aliphatic carbocycles. The maximum absolute atomic E-state index is 11.5. The van der Waals surface area contributed by atoms with Crippen molar-refractivity contribution in [2.75, 3.05) is 6.61 Å². The van der Waals surface area contributed by atoms with Gasteiger partial charge in [-0.05, 0) is 19.3 Å². The minimum atomic E-state index is -0.590. The molecule has 0 aliphatic rings. The van der Waals surface area contributed by atoms with Gasteiger partial charge in [0.05, 0.1) is 6.61 Å². The second kappa shape index (κ2) is 12.4. The maximum Gasteiger partial charge on any atom is 0.349 e. The number of carbonyl (C=O) groups is 2. The summed E-state index contributed by atoms with van der Waals surface area (Å²) in [5, 5.41) is 0. The Bertz CT molecular complexity index is 215. The van der Waals surface area contributed by atoms with Crippen LogP contribution in [0.25, 0.3) is 0 Å². The maximum atomic E-state index is 11.5.